The summed E-state index contributed by atoms with van der Waals surface area (Å²) in [5, 5.41) is 0.178. The lowest BCUT2D eigenvalue weighted by atomic mass is 9.91. The van der Waals surface area contributed by atoms with Crippen molar-refractivity contribution in [2.45, 2.75) is 56.5 Å². The minimum absolute atomic E-state index is 0.0314. The monoisotopic (exact) mass is 564 g/mol. The molecule has 6 nitrogen and oxygen atoms in total. The Labute approximate surface area is 233 Å². The molecule has 2 amide bonds. The molecular formula is C29H36ClF3N4O2. The second kappa shape index (κ2) is 12.1. The van der Waals surface area contributed by atoms with Crippen molar-refractivity contribution in [3.05, 3.63) is 58.2 Å². The molecule has 1 aromatic heterocycles. The number of halogens is 4. The van der Waals surface area contributed by atoms with E-state index in [9.17, 15) is 22.8 Å². The summed E-state index contributed by atoms with van der Waals surface area (Å²) >= 11 is 6.27. The maximum absolute atomic E-state index is 14.0. The fourth-order valence-electron chi connectivity index (χ4n) is 5.28. The molecule has 212 valence electrons. The summed E-state index contributed by atoms with van der Waals surface area (Å²) in [5.41, 5.74) is 1.28. The fourth-order valence-corrected chi connectivity index (χ4v) is 5.51. The number of hydrogen-bond acceptors (Lipinski definition) is 4. The Bertz CT molecular complexity index is 1180. The molecule has 2 aliphatic rings. The first-order valence-electron chi connectivity index (χ1n) is 13.5. The van der Waals surface area contributed by atoms with E-state index < -0.39 is 18.0 Å². The maximum atomic E-state index is 14.0. The maximum Gasteiger partial charge on any atom is 0.404 e. The Morgan fingerprint density at radius 2 is 1.77 bits per heavy atom. The topological polar surface area (TPSA) is 56.8 Å². The van der Waals surface area contributed by atoms with E-state index in [4.69, 9.17) is 11.6 Å². The predicted molar refractivity (Wildman–Crippen MR) is 146 cm³/mol. The fraction of sp³-hybridized carbons (Fsp3) is 0.552. The summed E-state index contributed by atoms with van der Waals surface area (Å²) < 4.78 is 42.0. The van der Waals surface area contributed by atoms with Gasteiger partial charge in [0.05, 0.1) is 5.56 Å². The van der Waals surface area contributed by atoms with Gasteiger partial charge in [-0.1, -0.05) is 35.9 Å². The van der Waals surface area contributed by atoms with Gasteiger partial charge in [-0.15, -0.1) is 0 Å². The molecule has 2 heterocycles. The molecule has 2 fully saturated rings. The van der Waals surface area contributed by atoms with Crippen LogP contribution in [0.3, 0.4) is 0 Å². The number of carbonyl (C=O) groups excluding carboxylic acids is 2. The lowest BCUT2D eigenvalue weighted by Crippen LogP contribution is -2.39. The van der Waals surface area contributed by atoms with E-state index in [0.717, 1.165) is 56.6 Å². The van der Waals surface area contributed by atoms with Gasteiger partial charge < -0.3 is 14.7 Å². The number of aromatic nitrogens is 1. The van der Waals surface area contributed by atoms with E-state index in [0.29, 0.717) is 23.8 Å². The van der Waals surface area contributed by atoms with Crippen LogP contribution in [0, 0.1) is 5.92 Å². The van der Waals surface area contributed by atoms with Gasteiger partial charge in [-0.3, -0.25) is 9.59 Å². The number of anilines is 1. The van der Waals surface area contributed by atoms with E-state index in [1.165, 1.54) is 22.9 Å². The van der Waals surface area contributed by atoms with Crippen molar-refractivity contribution in [2.75, 3.05) is 45.7 Å². The summed E-state index contributed by atoms with van der Waals surface area (Å²) in [7, 11) is 4.79. The van der Waals surface area contributed by atoms with Gasteiger partial charge in [0, 0.05) is 40.8 Å². The summed E-state index contributed by atoms with van der Waals surface area (Å²) in [4.78, 5) is 34.4. The van der Waals surface area contributed by atoms with Crippen LogP contribution in [0.5, 0.6) is 0 Å². The number of rotatable bonds is 9. The molecule has 10 heteroatoms. The number of alkyl halides is 3. The van der Waals surface area contributed by atoms with Gasteiger partial charge in [-0.05, 0) is 73.6 Å². The number of likely N-dealkylation sites (N-methyl/N-ethyl adjacent to an activating group) is 1. The van der Waals surface area contributed by atoms with Crippen LogP contribution in [0.4, 0.5) is 19.0 Å². The van der Waals surface area contributed by atoms with E-state index in [-0.39, 0.29) is 23.2 Å². The molecule has 1 aliphatic carbocycles. The molecule has 1 saturated carbocycles. The number of hydrogen-bond donors (Lipinski definition) is 0. The van der Waals surface area contributed by atoms with Crippen molar-refractivity contribution in [3.63, 3.8) is 0 Å². The van der Waals surface area contributed by atoms with Gasteiger partial charge in [-0.25, -0.2) is 4.98 Å². The predicted octanol–water partition coefficient (Wildman–Crippen LogP) is 6.12. The summed E-state index contributed by atoms with van der Waals surface area (Å²) in [6, 6.07) is 9.95. The van der Waals surface area contributed by atoms with E-state index in [1.807, 2.05) is 6.07 Å². The number of amides is 2. The highest BCUT2D eigenvalue weighted by Crippen LogP contribution is 2.43. The molecule has 1 atom stereocenters. The molecule has 0 bridgehead atoms. The average Bonchev–Trinajstić information content (AvgIpc) is 3.74. The number of carbonyl (C=O) groups is 2. The highest BCUT2D eigenvalue weighted by molar-refractivity contribution is 6.32. The van der Waals surface area contributed by atoms with Crippen LogP contribution < -0.4 is 4.90 Å². The lowest BCUT2D eigenvalue weighted by Gasteiger charge is -2.33. The molecule has 1 unspecified atom stereocenters. The van der Waals surface area contributed by atoms with Gasteiger partial charge in [0.25, 0.3) is 5.91 Å². The van der Waals surface area contributed by atoms with Crippen LogP contribution in [0.25, 0.3) is 0 Å². The number of benzene rings is 1. The Morgan fingerprint density at radius 1 is 1.08 bits per heavy atom. The van der Waals surface area contributed by atoms with Crippen molar-refractivity contribution in [1.82, 2.24) is 14.8 Å². The zero-order chi connectivity index (χ0) is 28.3. The molecule has 2 aromatic rings. The third kappa shape index (κ3) is 7.24. The molecule has 0 radical (unpaired) electrons. The van der Waals surface area contributed by atoms with Crippen LogP contribution in [-0.4, -0.2) is 73.6 Å². The lowest BCUT2D eigenvalue weighted by molar-refractivity contribution is -0.171. The van der Waals surface area contributed by atoms with Gasteiger partial charge >= 0.3 is 6.18 Å². The largest absolute Gasteiger partial charge is 0.404 e. The highest BCUT2D eigenvalue weighted by Gasteiger charge is 2.47. The summed E-state index contributed by atoms with van der Waals surface area (Å²) in [6.45, 7) is 1.83. The molecule has 0 spiro atoms. The Balaban J connectivity index is 1.27. The van der Waals surface area contributed by atoms with Crippen molar-refractivity contribution in [3.8, 4) is 0 Å². The standard InChI is InChI=1S/C29H36ClF3N4O2/c1-35(2)27(38)23-11-12-24(34-26(23)30)37-16-13-19(14-17-37)6-5-15-36(3)28(39)25(29(31,32)33)22-8-4-7-21(18-22)20-9-10-20/h4,7-8,11-12,18-20,25H,5-6,9-10,13-17H2,1-3H3. The number of nitrogens with zero attached hydrogens (tertiary/aromatic N) is 4. The first kappa shape index (κ1) is 29.2. The quantitative estimate of drug-likeness (QED) is 0.345. The van der Waals surface area contributed by atoms with Gasteiger partial charge in [0.1, 0.15) is 11.0 Å². The van der Waals surface area contributed by atoms with E-state index in [1.54, 1.807) is 38.4 Å². The van der Waals surface area contributed by atoms with Crippen LogP contribution in [0.2, 0.25) is 5.15 Å². The van der Waals surface area contributed by atoms with Crippen molar-refractivity contribution in [2.24, 2.45) is 5.92 Å². The Kier molecular flexibility index (Phi) is 9.09. The Morgan fingerprint density at radius 3 is 2.36 bits per heavy atom. The molecule has 0 N–H and O–H groups in total. The third-order valence-electron chi connectivity index (χ3n) is 7.76. The molecular weight excluding hydrogens is 529 g/mol. The van der Waals surface area contributed by atoms with E-state index in [2.05, 4.69) is 9.88 Å². The van der Waals surface area contributed by atoms with Gasteiger partial charge in [-0.2, -0.15) is 13.2 Å². The molecule has 1 aromatic carbocycles. The van der Waals surface area contributed by atoms with Crippen molar-refractivity contribution in [1.29, 1.82) is 0 Å². The minimum atomic E-state index is -4.64. The Hall–Kier alpha value is -2.81. The van der Waals surface area contributed by atoms with Crippen molar-refractivity contribution >= 4 is 29.2 Å². The van der Waals surface area contributed by atoms with E-state index >= 15 is 0 Å². The minimum Gasteiger partial charge on any atom is -0.357 e. The first-order valence-corrected chi connectivity index (χ1v) is 13.9. The number of piperidine rings is 1. The number of pyridine rings is 1. The van der Waals surface area contributed by atoms with Gasteiger partial charge in [0.2, 0.25) is 5.91 Å². The zero-order valence-electron chi connectivity index (χ0n) is 22.7. The van der Waals surface area contributed by atoms with Crippen LogP contribution >= 0.6 is 11.6 Å². The second-order valence-corrected chi connectivity index (χ2v) is 11.3. The van der Waals surface area contributed by atoms with Crippen molar-refractivity contribution < 1.29 is 22.8 Å². The molecule has 4 rings (SSSR count). The van der Waals surface area contributed by atoms with Crippen LogP contribution in [0.1, 0.15) is 71.8 Å². The molecule has 39 heavy (non-hydrogen) atoms. The zero-order valence-corrected chi connectivity index (χ0v) is 23.4. The smallest absolute Gasteiger partial charge is 0.357 e. The second-order valence-electron chi connectivity index (χ2n) is 11.0. The normalized spacial score (nSPS) is 17.2. The highest BCUT2D eigenvalue weighted by atomic mass is 35.5. The summed E-state index contributed by atoms with van der Waals surface area (Å²) in [5.74, 6) is -1.77. The molecule has 1 saturated heterocycles. The average molecular weight is 565 g/mol. The molecule has 1 aliphatic heterocycles. The summed E-state index contributed by atoms with van der Waals surface area (Å²) in [6.07, 6.45) is 0.634. The van der Waals surface area contributed by atoms with Gasteiger partial charge in [0.15, 0.2) is 5.92 Å². The SMILES string of the molecule is CN(C)C(=O)c1ccc(N2CCC(CCCN(C)C(=O)C(c3cccc(C4CC4)c3)C(F)(F)F)CC2)nc1Cl. The van der Waals surface area contributed by atoms with Crippen LogP contribution in [-0.2, 0) is 4.79 Å². The van der Waals surface area contributed by atoms with Crippen LogP contribution in [0.15, 0.2) is 36.4 Å². The first-order chi connectivity index (χ1) is 18.5. The third-order valence-corrected chi connectivity index (χ3v) is 8.05.